The lowest BCUT2D eigenvalue weighted by Crippen LogP contribution is -2.04. The molecule has 4 aromatic carbocycles. The van der Waals surface area contributed by atoms with Gasteiger partial charge in [0.1, 0.15) is 22.6 Å². The number of rotatable bonds is 10. The van der Waals surface area contributed by atoms with Gasteiger partial charge in [0.15, 0.2) is 23.3 Å². The number of nitrogens with one attached hydrogen (secondary N) is 2. The maximum absolute atomic E-state index is 13.2. The number of nitrogens with zero attached hydrogens (tertiary/aromatic N) is 6. The number of aromatic carboxylic acids is 1. The molecule has 0 spiro atoms. The quantitative estimate of drug-likeness (QED) is 0.120. The Kier molecular flexibility index (Phi) is 8.42. The van der Waals surface area contributed by atoms with Crippen molar-refractivity contribution in [2.75, 3.05) is 0 Å². The van der Waals surface area contributed by atoms with Crippen LogP contribution >= 0.6 is 0 Å². The molecule has 2 aliphatic heterocycles. The van der Waals surface area contributed by atoms with E-state index in [-0.39, 0.29) is 5.56 Å². The molecule has 8 bridgehead atoms. The number of carboxylic acid groups (broad SMARTS) is 1. The number of unbranched alkanes of at least 4 members (excludes halogenated alkanes) is 7. The molecule has 0 saturated heterocycles. The van der Waals surface area contributed by atoms with Gasteiger partial charge in [-0.3, -0.25) is 0 Å². The summed E-state index contributed by atoms with van der Waals surface area (Å²) in [6.45, 7) is 2.23. The van der Waals surface area contributed by atoms with E-state index in [9.17, 15) is 9.90 Å². The fraction of sp³-hybridized carbons (Fsp3) is 0.233. The van der Waals surface area contributed by atoms with E-state index in [1.807, 2.05) is 84.9 Å². The fourth-order valence-electron chi connectivity index (χ4n) is 7.68. The summed E-state index contributed by atoms with van der Waals surface area (Å²) in [6, 6.07) is 27.6. The number of carboxylic acids is 1. The van der Waals surface area contributed by atoms with Gasteiger partial charge in [-0.2, -0.15) is 0 Å². The topological polar surface area (TPSA) is 146 Å². The molecule has 0 atom stereocenters. The minimum atomic E-state index is -0.999. The summed E-state index contributed by atoms with van der Waals surface area (Å²) in [5.41, 5.74) is 6.43. The van der Waals surface area contributed by atoms with Gasteiger partial charge in [-0.05, 0) is 18.4 Å². The summed E-state index contributed by atoms with van der Waals surface area (Å²) < 4.78 is 0. The Labute approximate surface area is 305 Å². The average Bonchev–Trinajstić information content (AvgIpc) is 3.91. The van der Waals surface area contributed by atoms with Gasteiger partial charge in [-0.25, -0.2) is 34.7 Å². The van der Waals surface area contributed by atoms with Crippen LogP contribution in [0.2, 0.25) is 0 Å². The minimum absolute atomic E-state index is 0.238. The molecule has 53 heavy (non-hydrogen) atoms. The Morgan fingerprint density at radius 1 is 0.509 bits per heavy atom. The maximum atomic E-state index is 13.2. The van der Waals surface area contributed by atoms with Crippen LogP contribution in [0.4, 0.5) is 0 Å². The number of benzene rings is 4. The molecule has 262 valence electrons. The first kappa shape index (κ1) is 32.6. The molecule has 10 heteroatoms. The summed E-state index contributed by atoms with van der Waals surface area (Å²) in [5, 5.41) is 13.8. The molecular weight excluding hydrogens is 661 g/mol. The Balaban J connectivity index is 1.30. The lowest BCUT2D eigenvalue weighted by Gasteiger charge is -2.08. The van der Waals surface area contributed by atoms with Crippen molar-refractivity contribution in [3.63, 3.8) is 0 Å². The van der Waals surface area contributed by atoms with Gasteiger partial charge in [-0.15, -0.1) is 0 Å². The molecular formula is C43H38N8O2. The SMILES string of the molecule is CCCCCCCCCCc1ccc2c3nc4nc(nc5[nH]c(nc6nc(nc([nH]3)c2c1C(=O)O)-c1ccccc1-6)c1ccccc51)-c1ccccc1-4. The predicted octanol–water partition coefficient (Wildman–Crippen LogP) is 10.3. The standard InChI is InChI=1S/C43H38N8O2/c1-2-3-4-5-6-7-8-9-16-25-23-24-32-34(33(25)43(52)53)42-50-40-31-22-15-14-21-30(31)38(48-40)46-36-27-18-11-10-17-26(27)35(44-36)45-37-28-19-12-13-20-29(28)39(47-37)49-41(32)51-42/h10-15,17-24H,2-9,16H2,1H3,(H,52,53)(H2,44,45,46,47,48,49,50,51). The molecule has 0 fully saturated rings. The largest absolute Gasteiger partial charge is 0.478 e. The van der Waals surface area contributed by atoms with Crippen LogP contribution in [0.3, 0.4) is 0 Å². The molecule has 9 rings (SSSR count). The number of fused-ring (bicyclic) bond motifs is 20. The first-order chi connectivity index (χ1) is 26.1. The van der Waals surface area contributed by atoms with Gasteiger partial charge >= 0.3 is 5.97 Å². The van der Waals surface area contributed by atoms with Crippen LogP contribution in [0, 0.1) is 0 Å². The first-order valence-corrected chi connectivity index (χ1v) is 18.6. The first-order valence-electron chi connectivity index (χ1n) is 18.6. The Morgan fingerprint density at radius 3 is 1.45 bits per heavy atom. The third-order valence-electron chi connectivity index (χ3n) is 10.3. The van der Waals surface area contributed by atoms with Gasteiger partial charge < -0.3 is 15.1 Å². The minimum Gasteiger partial charge on any atom is -0.478 e. The molecule has 0 unspecified atom stereocenters. The average molecular weight is 699 g/mol. The van der Waals surface area contributed by atoms with Crippen molar-refractivity contribution in [3.8, 4) is 45.6 Å². The molecule has 0 radical (unpaired) electrons. The van der Waals surface area contributed by atoms with Crippen molar-refractivity contribution in [3.05, 3.63) is 96.1 Å². The van der Waals surface area contributed by atoms with Gasteiger partial charge in [0.2, 0.25) is 0 Å². The highest BCUT2D eigenvalue weighted by Gasteiger charge is 2.24. The van der Waals surface area contributed by atoms with Gasteiger partial charge in [0.05, 0.1) is 5.56 Å². The van der Waals surface area contributed by atoms with Crippen LogP contribution in [0.15, 0.2) is 84.9 Å². The van der Waals surface area contributed by atoms with Crippen LogP contribution in [0.5, 0.6) is 0 Å². The molecule has 0 amide bonds. The van der Waals surface area contributed by atoms with Crippen LogP contribution in [-0.4, -0.2) is 50.9 Å². The summed E-state index contributed by atoms with van der Waals surface area (Å²) >= 11 is 0. The number of aromatic amines is 2. The molecule has 7 aromatic rings. The second kappa shape index (κ2) is 13.7. The van der Waals surface area contributed by atoms with Crippen LogP contribution < -0.4 is 0 Å². The Bertz CT molecular complexity index is 2720. The van der Waals surface area contributed by atoms with E-state index >= 15 is 0 Å². The van der Waals surface area contributed by atoms with Crippen molar-refractivity contribution in [1.29, 1.82) is 0 Å². The van der Waals surface area contributed by atoms with Crippen LogP contribution in [-0.2, 0) is 6.42 Å². The summed E-state index contributed by atoms with van der Waals surface area (Å²) in [4.78, 5) is 50.2. The van der Waals surface area contributed by atoms with E-state index in [0.717, 1.165) is 57.9 Å². The predicted molar refractivity (Wildman–Crippen MR) is 209 cm³/mol. The molecule has 0 aliphatic carbocycles. The molecule has 10 nitrogen and oxygen atoms in total. The van der Waals surface area contributed by atoms with Gasteiger partial charge in [-0.1, -0.05) is 137 Å². The zero-order chi connectivity index (χ0) is 35.9. The number of aromatic nitrogens is 8. The number of hydrogen-bond donors (Lipinski definition) is 3. The third-order valence-corrected chi connectivity index (χ3v) is 10.3. The van der Waals surface area contributed by atoms with E-state index in [1.54, 1.807) is 0 Å². The highest BCUT2D eigenvalue weighted by atomic mass is 16.4. The molecule has 3 aromatic heterocycles. The lowest BCUT2D eigenvalue weighted by atomic mass is 9.96. The second-order valence-corrected chi connectivity index (χ2v) is 13.8. The monoisotopic (exact) mass is 698 g/mol. The van der Waals surface area contributed by atoms with Crippen LogP contribution in [0.1, 0.15) is 74.2 Å². The number of aryl methyl sites for hydroxylation is 1. The third kappa shape index (κ3) is 5.90. The fourth-order valence-corrected chi connectivity index (χ4v) is 7.68. The zero-order valence-electron chi connectivity index (χ0n) is 29.5. The van der Waals surface area contributed by atoms with E-state index in [4.69, 9.17) is 29.9 Å². The van der Waals surface area contributed by atoms with Crippen molar-refractivity contribution < 1.29 is 9.90 Å². The van der Waals surface area contributed by atoms with E-state index in [0.29, 0.717) is 63.1 Å². The summed E-state index contributed by atoms with van der Waals surface area (Å²) in [6.07, 6.45) is 10.1. The smallest absolute Gasteiger partial charge is 0.336 e. The number of carbonyl (C=O) groups is 1. The van der Waals surface area contributed by atoms with Crippen molar-refractivity contribution in [2.24, 2.45) is 0 Å². The second-order valence-electron chi connectivity index (χ2n) is 13.8. The molecule has 3 N–H and O–H groups in total. The van der Waals surface area contributed by atoms with Gasteiger partial charge in [0, 0.05) is 43.8 Å². The summed E-state index contributed by atoms with van der Waals surface area (Å²) in [7, 11) is 0. The highest BCUT2D eigenvalue weighted by Crippen LogP contribution is 2.37. The Hall–Kier alpha value is -6.29. The van der Waals surface area contributed by atoms with Crippen molar-refractivity contribution in [1.82, 2.24) is 39.9 Å². The van der Waals surface area contributed by atoms with E-state index < -0.39 is 5.97 Å². The maximum Gasteiger partial charge on any atom is 0.336 e. The molecule has 5 heterocycles. The normalized spacial score (nSPS) is 11.9. The van der Waals surface area contributed by atoms with E-state index in [2.05, 4.69) is 16.9 Å². The molecule has 2 aliphatic rings. The van der Waals surface area contributed by atoms with Crippen molar-refractivity contribution >= 4 is 50.1 Å². The number of hydrogen-bond acceptors (Lipinski definition) is 7. The van der Waals surface area contributed by atoms with Crippen molar-refractivity contribution in [2.45, 2.75) is 64.7 Å². The van der Waals surface area contributed by atoms with Gasteiger partial charge in [0.25, 0.3) is 0 Å². The van der Waals surface area contributed by atoms with E-state index in [1.165, 1.54) is 32.1 Å². The molecule has 0 saturated carbocycles. The Morgan fingerprint density at radius 2 is 0.943 bits per heavy atom. The number of H-pyrrole nitrogens is 2. The summed E-state index contributed by atoms with van der Waals surface area (Å²) in [5.74, 6) is 0.927. The highest BCUT2D eigenvalue weighted by molar-refractivity contribution is 6.15. The van der Waals surface area contributed by atoms with Crippen LogP contribution in [0.25, 0.3) is 89.7 Å². The zero-order valence-corrected chi connectivity index (χ0v) is 29.5. The lowest BCUT2D eigenvalue weighted by molar-refractivity contribution is 0.0698.